The van der Waals surface area contributed by atoms with Crippen molar-refractivity contribution in [1.29, 1.82) is 0 Å². The number of ketones is 1. The van der Waals surface area contributed by atoms with Crippen molar-refractivity contribution in [2.45, 2.75) is 0 Å². The summed E-state index contributed by atoms with van der Waals surface area (Å²) in [6.45, 7) is 2.69. The minimum Gasteiger partial charge on any atom is -0.360 e. The highest BCUT2D eigenvalue weighted by atomic mass is 35.5. The lowest BCUT2D eigenvalue weighted by molar-refractivity contribution is 0.0749. The van der Waals surface area contributed by atoms with Gasteiger partial charge in [-0.3, -0.25) is 9.59 Å². The molecule has 1 fully saturated rings. The molecule has 0 radical (unpaired) electrons. The van der Waals surface area contributed by atoms with Crippen molar-refractivity contribution in [3.63, 3.8) is 0 Å². The Kier molecular flexibility index (Phi) is 5.67. The molecule has 1 amide bonds. The molecule has 1 aliphatic rings. The van der Waals surface area contributed by atoms with E-state index in [0.29, 0.717) is 40.2 Å². The second-order valence-corrected chi connectivity index (χ2v) is 9.75. The standard InChI is InChI=1S/C24H19Cl2N3O2S/c25-16-6-4-15(5-7-16)23(30)18-14-27-19-3-1-2-17(22(18)19)24(31)29-12-10-28(11-13-29)21-9-8-20(26)32-21/h1-9,14,27H,10-13H2. The average molecular weight is 484 g/mol. The van der Waals surface area contributed by atoms with E-state index >= 15 is 0 Å². The molecule has 3 heterocycles. The van der Waals surface area contributed by atoms with Gasteiger partial charge in [-0.1, -0.05) is 29.3 Å². The molecule has 2 aromatic heterocycles. The Balaban J connectivity index is 1.42. The third kappa shape index (κ3) is 3.90. The van der Waals surface area contributed by atoms with Gasteiger partial charge in [0.2, 0.25) is 0 Å². The van der Waals surface area contributed by atoms with Crippen molar-refractivity contribution in [1.82, 2.24) is 9.88 Å². The fourth-order valence-electron chi connectivity index (χ4n) is 4.07. The summed E-state index contributed by atoms with van der Waals surface area (Å²) in [6.07, 6.45) is 1.68. The molecule has 32 heavy (non-hydrogen) atoms. The largest absolute Gasteiger partial charge is 0.360 e. The predicted octanol–water partition coefficient (Wildman–Crippen LogP) is 5.73. The zero-order chi connectivity index (χ0) is 22.2. The number of hydrogen-bond acceptors (Lipinski definition) is 4. The van der Waals surface area contributed by atoms with E-state index in [9.17, 15) is 9.59 Å². The smallest absolute Gasteiger partial charge is 0.254 e. The molecule has 4 aromatic rings. The number of benzene rings is 2. The number of hydrogen-bond donors (Lipinski definition) is 1. The van der Waals surface area contributed by atoms with Crippen LogP contribution in [-0.2, 0) is 0 Å². The molecular formula is C24H19Cl2N3O2S. The van der Waals surface area contributed by atoms with Crippen LogP contribution in [0, 0.1) is 0 Å². The van der Waals surface area contributed by atoms with Gasteiger partial charge in [0.1, 0.15) is 0 Å². The van der Waals surface area contributed by atoms with Crippen LogP contribution < -0.4 is 4.90 Å². The fraction of sp³-hybridized carbons (Fsp3) is 0.167. The second-order valence-electron chi connectivity index (χ2n) is 7.62. The minimum absolute atomic E-state index is 0.0655. The number of piperazine rings is 1. The number of aromatic amines is 1. The monoisotopic (exact) mass is 483 g/mol. The van der Waals surface area contributed by atoms with Gasteiger partial charge in [0.15, 0.2) is 5.78 Å². The number of thiophene rings is 1. The molecule has 0 aliphatic carbocycles. The summed E-state index contributed by atoms with van der Waals surface area (Å²) in [5, 5.41) is 2.34. The third-order valence-corrected chi connectivity index (χ3v) is 7.27. The van der Waals surface area contributed by atoms with Crippen LogP contribution in [0.4, 0.5) is 5.00 Å². The third-order valence-electron chi connectivity index (χ3n) is 5.72. The van der Waals surface area contributed by atoms with E-state index in [2.05, 4.69) is 9.88 Å². The number of carbonyl (C=O) groups is 2. The van der Waals surface area contributed by atoms with Crippen molar-refractivity contribution < 1.29 is 9.59 Å². The molecule has 1 saturated heterocycles. The topological polar surface area (TPSA) is 56.4 Å². The summed E-state index contributed by atoms with van der Waals surface area (Å²) in [4.78, 5) is 33.9. The Bertz CT molecular complexity index is 1300. The Morgan fingerprint density at radius 3 is 2.31 bits per heavy atom. The van der Waals surface area contributed by atoms with E-state index in [1.165, 1.54) is 0 Å². The normalized spacial score (nSPS) is 14.2. The first-order valence-electron chi connectivity index (χ1n) is 10.2. The van der Waals surface area contributed by atoms with Gasteiger partial charge in [0.05, 0.1) is 9.34 Å². The second kappa shape index (κ2) is 8.62. The molecule has 0 spiro atoms. The Hall–Kier alpha value is -2.80. The average Bonchev–Trinajstić information content (AvgIpc) is 3.45. The van der Waals surface area contributed by atoms with Gasteiger partial charge in [0, 0.05) is 65.0 Å². The predicted molar refractivity (Wildman–Crippen MR) is 131 cm³/mol. The number of rotatable bonds is 4. The van der Waals surface area contributed by atoms with E-state index < -0.39 is 0 Å². The molecule has 162 valence electrons. The van der Waals surface area contributed by atoms with E-state index in [0.717, 1.165) is 27.9 Å². The summed E-state index contributed by atoms with van der Waals surface area (Å²) in [5.41, 5.74) is 2.31. The van der Waals surface area contributed by atoms with Crippen LogP contribution in [0.3, 0.4) is 0 Å². The number of nitrogens with zero attached hydrogens (tertiary/aromatic N) is 2. The zero-order valence-electron chi connectivity index (χ0n) is 17.0. The van der Waals surface area contributed by atoms with E-state index in [1.54, 1.807) is 47.9 Å². The number of nitrogens with one attached hydrogen (secondary N) is 1. The number of aromatic nitrogens is 1. The number of amides is 1. The van der Waals surface area contributed by atoms with Gasteiger partial charge in [0.25, 0.3) is 5.91 Å². The van der Waals surface area contributed by atoms with Crippen molar-refractivity contribution in [3.05, 3.63) is 86.8 Å². The molecule has 0 unspecified atom stereocenters. The van der Waals surface area contributed by atoms with Gasteiger partial charge in [-0.05, 0) is 48.5 Å². The minimum atomic E-state index is -0.146. The zero-order valence-corrected chi connectivity index (χ0v) is 19.3. The van der Waals surface area contributed by atoms with E-state index in [4.69, 9.17) is 23.2 Å². The summed E-state index contributed by atoms with van der Waals surface area (Å²) in [6, 6.07) is 16.2. The molecule has 5 nitrogen and oxygen atoms in total. The maximum Gasteiger partial charge on any atom is 0.254 e. The van der Waals surface area contributed by atoms with Crippen LogP contribution >= 0.6 is 34.5 Å². The quantitative estimate of drug-likeness (QED) is 0.377. The molecule has 0 bridgehead atoms. The summed E-state index contributed by atoms with van der Waals surface area (Å²) in [5.74, 6) is -0.211. The molecule has 5 rings (SSSR count). The molecule has 1 N–H and O–H groups in total. The summed E-state index contributed by atoms with van der Waals surface area (Å²) in [7, 11) is 0. The van der Waals surface area contributed by atoms with Gasteiger partial charge < -0.3 is 14.8 Å². The molecule has 2 aromatic carbocycles. The number of anilines is 1. The number of halogens is 2. The van der Waals surface area contributed by atoms with E-state index in [-0.39, 0.29) is 11.7 Å². The summed E-state index contributed by atoms with van der Waals surface area (Å²) < 4.78 is 0.760. The van der Waals surface area contributed by atoms with Crippen molar-refractivity contribution in [3.8, 4) is 0 Å². The molecule has 0 saturated carbocycles. The molecule has 1 aliphatic heterocycles. The summed E-state index contributed by atoms with van der Waals surface area (Å²) >= 11 is 13.6. The fourth-order valence-corrected chi connectivity index (χ4v) is 5.28. The Labute approximate surface area is 199 Å². The number of H-pyrrole nitrogens is 1. The lowest BCUT2D eigenvalue weighted by Gasteiger charge is -2.35. The maximum atomic E-state index is 13.5. The van der Waals surface area contributed by atoms with Crippen molar-refractivity contribution in [2.75, 3.05) is 31.1 Å². The van der Waals surface area contributed by atoms with Crippen LogP contribution in [0.2, 0.25) is 9.36 Å². The lowest BCUT2D eigenvalue weighted by Crippen LogP contribution is -2.48. The lowest BCUT2D eigenvalue weighted by atomic mass is 9.98. The highest BCUT2D eigenvalue weighted by molar-refractivity contribution is 7.19. The van der Waals surface area contributed by atoms with E-state index in [1.807, 2.05) is 29.2 Å². The first-order chi connectivity index (χ1) is 15.5. The Morgan fingerprint density at radius 1 is 0.875 bits per heavy atom. The van der Waals surface area contributed by atoms with Gasteiger partial charge in [-0.2, -0.15) is 0 Å². The Morgan fingerprint density at radius 2 is 1.62 bits per heavy atom. The van der Waals surface area contributed by atoms with Crippen LogP contribution in [0.25, 0.3) is 10.9 Å². The molecular weight excluding hydrogens is 465 g/mol. The maximum absolute atomic E-state index is 13.5. The van der Waals surface area contributed by atoms with Crippen LogP contribution in [0.15, 0.2) is 60.8 Å². The first kappa shape index (κ1) is 21.1. The van der Waals surface area contributed by atoms with Crippen molar-refractivity contribution >= 4 is 62.1 Å². The number of carbonyl (C=O) groups excluding carboxylic acids is 2. The molecule has 8 heteroatoms. The van der Waals surface area contributed by atoms with Gasteiger partial charge >= 0.3 is 0 Å². The first-order valence-corrected chi connectivity index (χ1v) is 11.8. The van der Waals surface area contributed by atoms with Crippen LogP contribution in [-0.4, -0.2) is 47.8 Å². The SMILES string of the molecule is O=C(c1ccc(Cl)cc1)c1c[nH]c2cccc(C(=O)N3CCN(c4ccc(Cl)s4)CC3)c12. The molecule has 0 atom stereocenters. The van der Waals surface area contributed by atoms with Gasteiger partial charge in [-0.15, -0.1) is 11.3 Å². The van der Waals surface area contributed by atoms with Crippen LogP contribution in [0.1, 0.15) is 26.3 Å². The number of fused-ring (bicyclic) bond motifs is 1. The highest BCUT2D eigenvalue weighted by Gasteiger charge is 2.26. The van der Waals surface area contributed by atoms with Crippen LogP contribution in [0.5, 0.6) is 0 Å². The van der Waals surface area contributed by atoms with Gasteiger partial charge in [-0.25, -0.2) is 0 Å². The van der Waals surface area contributed by atoms with Crippen molar-refractivity contribution in [2.24, 2.45) is 0 Å². The highest BCUT2D eigenvalue weighted by Crippen LogP contribution is 2.31.